The van der Waals surface area contributed by atoms with E-state index in [2.05, 4.69) is 33.0 Å². The summed E-state index contributed by atoms with van der Waals surface area (Å²) >= 11 is 0. The highest BCUT2D eigenvalue weighted by atomic mass is 16.5. The van der Waals surface area contributed by atoms with E-state index in [1.165, 1.54) is 19.5 Å². The van der Waals surface area contributed by atoms with E-state index < -0.39 is 0 Å². The Morgan fingerprint density at radius 1 is 1.19 bits per heavy atom. The third-order valence-corrected chi connectivity index (χ3v) is 4.73. The van der Waals surface area contributed by atoms with Crippen LogP contribution in [0.25, 0.3) is 0 Å². The fraction of sp³-hybridized carbons (Fsp3) is 1.00. The molecule has 0 amide bonds. The molecule has 3 atom stereocenters. The predicted molar refractivity (Wildman–Crippen MR) is 67.4 cm³/mol. The smallest absolute Gasteiger partial charge is 0.0538 e. The number of hydrogen-bond donors (Lipinski definition) is 1. The third-order valence-electron chi connectivity index (χ3n) is 4.73. The van der Waals surface area contributed by atoms with Crippen molar-refractivity contribution in [1.29, 1.82) is 0 Å². The Morgan fingerprint density at radius 3 is 2.44 bits per heavy atom. The van der Waals surface area contributed by atoms with Crippen LogP contribution in [0.5, 0.6) is 0 Å². The normalized spacial score (nSPS) is 40.1. The van der Waals surface area contributed by atoms with Crippen LogP contribution in [0.1, 0.15) is 34.1 Å². The number of rotatable bonds is 2. The summed E-state index contributed by atoms with van der Waals surface area (Å²) in [6.07, 6.45) is 1.26. The van der Waals surface area contributed by atoms with Crippen LogP contribution in [-0.2, 0) is 4.74 Å². The summed E-state index contributed by atoms with van der Waals surface area (Å²) in [5.41, 5.74) is 0.432. The molecule has 2 aliphatic rings. The zero-order chi connectivity index (χ0) is 11.8. The van der Waals surface area contributed by atoms with Gasteiger partial charge in [-0.15, -0.1) is 0 Å². The van der Waals surface area contributed by atoms with Crippen molar-refractivity contribution in [3.63, 3.8) is 0 Å². The van der Waals surface area contributed by atoms with Crippen molar-refractivity contribution in [2.24, 2.45) is 29.1 Å². The van der Waals surface area contributed by atoms with Crippen LogP contribution in [-0.4, -0.2) is 26.3 Å². The fourth-order valence-corrected chi connectivity index (χ4v) is 4.06. The third kappa shape index (κ3) is 2.02. The van der Waals surface area contributed by atoms with Gasteiger partial charge >= 0.3 is 0 Å². The van der Waals surface area contributed by atoms with Crippen LogP contribution in [0, 0.1) is 29.1 Å². The first kappa shape index (κ1) is 12.4. The van der Waals surface area contributed by atoms with Gasteiger partial charge in [0.25, 0.3) is 0 Å². The lowest BCUT2D eigenvalue weighted by atomic mass is 9.59. The molecule has 0 bridgehead atoms. The second-order valence-electron chi connectivity index (χ2n) is 6.47. The summed E-state index contributed by atoms with van der Waals surface area (Å²) in [6, 6.07) is 0. The largest absolute Gasteiger partial charge is 0.381 e. The first-order chi connectivity index (χ1) is 7.57. The monoisotopic (exact) mass is 225 g/mol. The van der Waals surface area contributed by atoms with Gasteiger partial charge < -0.3 is 10.1 Å². The SMILES string of the molecule is CC(C)C1CNCC2(CCOC2)C1C(C)C. The summed E-state index contributed by atoms with van der Waals surface area (Å²) in [6.45, 7) is 13.8. The average Bonchev–Trinajstić information content (AvgIpc) is 2.65. The summed E-state index contributed by atoms with van der Waals surface area (Å²) in [5.74, 6) is 3.19. The highest BCUT2D eigenvalue weighted by molar-refractivity contribution is 4.99. The Morgan fingerprint density at radius 2 is 1.94 bits per heavy atom. The van der Waals surface area contributed by atoms with Gasteiger partial charge in [-0.3, -0.25) is 0 Å². The van der Waals surface area contributed by atoms with Gasteiger partial charge in [-0.25, -0.2) is 0 Å². The first-order valence-corrected chi connectivity index (χ1v) is 6.85. The van der Waals surface area contributed by atoms with Gasteiger partial charge in [-0.1, -0.05) is 27.7 Å². The maximum atomic E-state index is 5.71. The molecule has 2 saturated heterocycles. The fourth-order valence-electron chi connectivity index (χ4n) is 4.06. The number of ether oxygens (including phenoxy) is 1. The molecule has 3 unspecified atom stereocenters. The molecule has 1 N–H and O–H groups in total. The number of hydrogen-bond acceptors (Lipinski definition) is 2. The van der Waals surface area contributed by atoms with Crippen LogP contribution in [0.4, 0.5) is 0 Å². The van der Waals surface area contributed by atoms with E-state index in [0.717, 1.165) is 36.9 Å². The molecule has 2 heteroatoms. The zero-order valence-electron chi connectivity index (χ0n) is 11.3. The summed E-state index contributed by atoms with van der Waals surface area (Å²) in [7, 11) is 0. The van der Waals surface area contributed by atoms with Crippen LogP contribution in [0.3, 0.4) is 0 Å². The van der Waals surface area contributed by atoms with Crippen LogP contribution in [0.15, 0.2) is 0 Å². The zero-order valence-corrected chi connectivity index (χ0v) is 11.3. The molecule has 94 valence electrons. The lowest BCUT2D eigenvalue weighted by molar-refractivity contribution is -0.00456. The molecule has 0 aromatic heterocycles. The molecule has 0 aliphatic carbocycles. The van der Waals surface area contributed by atoms with Crippen molar-refractivity contribution < 1.29 is 4.74 Å². The van der Waals surface area contributed by atoms with Crippen molar-refractivity contribution in [3.05, 3.63) is 0 Å². The summed E-state index contributed by atoms with van der Waals surface area (Å²) in [5, 5.41) is 3.65. The Kier molecular flexibility index (Phi) is 3.60. The van der Waals surface area contributed by atoms with Gasteiger partial charge in [0.15, 0.2) is 0 Å². The molecular formula is C14H27NO. The quantitative estimate of drug-likeness (QED) is 0.780. The van der Waals surface area contributed by atoms with Gasteiger partial charge in [0.1, 0.15) is 0 Å². The van der Waals surface area contributed by atoms with Crippen molar-refractivity contribution in [2.45, 2.75) is 34.1 Å². The van der Waals surface area contributed by atoms with E-state index in [1.807, 2.05) is 0 Å². The summed E-state index contributed by atoms with van der Waals surface area (Å²) in [4.78, 5) is 0. The van der Waals surface area contributed by atoms with Crippen molar-refractivity contribution in [3.8, 4) is 0 Å². The molecule has 0 aromatic carbocycles. The average molecular weight is 225 g/mol. The molecular weight excluding hydrogens is 198 g/mol. The van der Waals surface area contributed by atoms with Gasteiger partial charge in [-0.05, 0) is 36.6 Å². The highest BCUT2D eigenvalue weighted by Crippen LogP contribution is 2.48. The molecule has 2 nitrogen and oxygen atoms in total. The van der Waals surface area contributed by atoms with E-state index in [1.54, 1.807) is 0 Å². The Hall–Kier alpha value is -0.0800. The lowest BCUT2D eigenvalue weighted by Crippen LogP contribution is -2.55. The van der Waals surface area contributed by atoms with Crippen LogP contribution in [0.2, 0.25) is 0 Å². The van der Waals surface area contributed by atoms with Gasteiger partial charge in [-0.2, -0.15) is 0 Å². The minimum Gasteiger partial charge on any atom is -0.381 e. The number of nitrogens with one attached hydrogen (secondary N) is 1. The molecule has 2 fully saturated rings. The molecule has 0 aromatic rings. The molecule has 1 spiro atoms. The first-order valence-electron chi connectivity index (χ1n) is 6.85. The summed E-state index contributed by atoms with van der Waals surface area (Å²) < 4.78 is 5.71. The van der Waals surface area contributed by atoms with E-state index >= 15 is 0 Å². The Bertz CT molecular complexity index is 231. The van der Waals surface area contributed by atoms with Gasteiger partial charge in [0.2, 0.25) is 0 Å². The number of piperidine rings is 1. The molecule has 0 radical (unpaired) electrons. The minimum absolute atomic E-state index is 0.432. The second-order valence-corrected chi connectivity index (χ2v) is 6.47. The van der Waals surface area contributed by atoms with Gasteiger partial charge in [0.05, 0.1) is 6.61 Å². The van der Waals surface area contributed by atoms with Crippen LogP contribution >= 0.6 is 0 Å². The molecule has 16 heavy (non-hydrogen) atoms. The van der Waals surface area contributed by atoms with Crippen molar-refractivity contribution in [1.82, 2.24) is 5.32 Å². The predicted octanol–water partition coefficient (Wildman–Crippen LogP) is 2.54. The van der Waals surface area contributed by atoms with Crippen molar-refractivity contribution >= 4 is 0 Å². The Labute approximate surface area is 100 Å². The standard InChI is InChI=1S/C14H27NO/c1-10(2)12-7-15-8-14(5-6-16-9-14)13(12)11(3)4/h10-13,15H,5-9H2,1-4H3. The topological polar surface area (TPSA) is 21.3 Å². The minimum atomic E-state index is 0.432. The lowest BCUT2D eigenvalue weighted by Gasteiger charge is -2.49. The van der Waals surface area contributed by atoms with Gasteiger partial charge in [0, 0.05) is 18.6 Å². The van der Waals surface area contributed by atoms with E-state index in [4.69, 9.17) is 4.74 Å². The van der Waals surface area contributed by atoms with E-state index in [9.17, 15) is 0 Å². The maximum Gasteiger partial charge on any atom is 0.0538 e. The second kappa shape index (κ2) is 4.66. The van der Waals surface area contributed by atoms with E-state index in [0.29, 0.717) is 5.41 Å². The molecule has 0 saturated carbocycles. The Balaban J connectivity index is 2.23. The molecule has 2 heterocycles. The van der Waals surface area contributed by atoms with Crippen LogP contribution < -0.4 is 5.32 Å². The maximum absolute atomic E-state index is 5.71. The highest BCUT2D eigenvalue weighted by Gasteiger charge is 2.49. The molecule has 2 aliphatic heterocycles. The molecule has 2 rings (SSSR count). The van der Waals surface area contributed by atoms with E-state index in [-0.39, 0.29) is 0 Å². The van der Waals surface area contributed by atoms with Crippen molar-refractivity contribution in [2.75, 3.05) is 26.3 Å².